The largest absolute Gasteiger partial charge is 0.497 e. The first-order valence-electron chi connectivity index (χ1n) is 9.25. The molecule has 0 aliphatic carbocycles. The lowest BCUT2D eigenvalue weighted by atomic mass is 9.88. The minimum atomic E-state index is -1.36. The number of methoxy groups -OCH3 is 1. The predicted octanol–water partition coefficient (Wildman–Crippen LogP) is 3.25. The second-order valence-corrected chi connectivity index (χ2v) is 8.07. The molecule has 28 heavy (non-hydrogen) atoms. The smallest absolute Gasteiger partial charge is 0.279 e. The Morgan fingerprint density at radius 2 is 1.79 bits per heavy atom. The summed E-state index contributed by atoms with van der Waals surface area (Å²) in [6, 6.07) is 11.0. The highest BCUT2D eigenvalue weighted by Crippen LogP contribution is 2.53. The summed E-state index contributed by atoms with van der Waals surface area (Å²) < 4.78 is 5.51. The van der Waals surface area contributed by atoms with Crippen LogP contribution in [0.1, 0.15) is 42.3 Å². The van der Waals surface area contributed by atoms with E-state index in [1.165, 1.54) is 0 Å². The average molecular weight is 375 g/mol. The second-order valence-electron chi connectivity index (χ2n) is 8.07. The zero-order valence-electron chi connectivity index (χ0n) is 16.2. The quantitative estimate of drug-likeness (QED) is 0.803. The molecule has 1 spiro atoms. The second kappa shape index (κ2) is 5.16. The molecule has 6 heteroatoms. The molecule has 1 atom stereocenters. The molecule has 2 aromatic carbocycles. The van der Waals surface area contributed by atoms with E-state index < -0.39 is 11.2 Å². The molecular weight excluding hydrogens is 354 g/mol. The lowest BCUT2D eigenvalue weighted by molar-refractivity contribution is -0.123. The number of carbonyl (C=O) groups excluding carboxylic acids is 2. The molecule has 0 radical (unpaired) electrons. The molecule has 6 nitrogen and oxygen atoms in total. The maximum Gasteiger partial charge on any atom is 0.279 e. The molecule has 0 fully saturated rings. The Bertz CT molecular complexity index is 1100. The van der Waals surface area contributed by atoms with Crippen molar-refractivity contribution in [3.63, 3.8) is 0 Å². The third kappa shape index (κ3) is 1.92. The van der Waals surface area contributed by atoms with Gasteiger partial charge in [0.25, 0.3) is 11.8 Å². The highest BCUT2D eigenvalue weighted by atomic mass is 16.5. The maximum absolute atomic E-state index is 13.8. The van der Waals surface area contributed by atoms with E-state index in [2.05, 4.69) is 16.7 Å². The number of anilines is 2. The number of carbonyl (C=O) groups is 2. The van der Waals surface area contributed by atoms with Gasteiger partial charge in [-0.1, -0.05) is 18.2 Å². The number of para-hydroxylation sites is 1. The number of nitrogens with zero attached hydrogens (tertiary/aromatic N) is 1. The van der Waals surface area contributed by atoms with Crippen molar-refractivity contribution in [2.75, 3.05) is 17.3 Å². The van der Waals surface area contributed by atoms with Gasteiger partial charge in [-0.25, -0.2) is 0 Å². The Kier molecular flexibility index (Phi) is 3.11. The SMILES string of the molecule is COc1cc2c3c(c1)[C@@]1(NC(=O)c4ccccc4N1)C(=O)N3C(C)(C)C=C2C. The van der Waals surface area contributed by atoms with Gasteiger partial charge in [0.15, 0.2) is 0 Å². The van der Waals surface area contributed by atoms with Crippen molar-refractivity contribution in [3.05, 3.63) is 59.2 Å². The summed E-state index contributed by atoms with van der Waals surface area (Å²) in [4.78, 5) is 28.5. The number of ether oxygens (including phenoxy) is 1. The molecule has 3 aliphatic rings. The molecule has 0 saturated heterocycles. The van der Waals surface area contributed by atoms with Crippen LogP contribution in [0.5, 0.6) is 5.75 Å². The highest BCUT2D eigenvalue weighted by Gasteiger charge is 2.59. The van der Waals surface area contributed by atoms with Crippen LogP contribution in [0.4, 0.5) is 11.4 Å². The molecule has 0 saturated carbocycles. The van der Waals surface area contributed by atoms with E-state index >= 15 is 0 Å². The molecule has 0 aromatic heterocycles. The van der Waals surface area contributed by atoms with Crippen molar-refractivity contribution in [1.82, 2.24) is 5.32 Å². The van der Waals surface area contributed by atoms with Crippen molar-refractivity contribution in [2.45, 2.75) is 32.0 Å². The van der Waals surface area contributed by atoms with Crippen LogP contribution < -0.4 is 20.3 Å². The van der Waals surface area contributed by atoms with Crippen molar-refractivity contribution >= 4 is 28.8 Å². The fraction of sp³-hybridized carbons (Fsp3) is 0.273. The fourth-order valence-corrected chi connectivity index (χ4v) is 4.66. The third-order valence-electron chi connectivity index (χ3n) is 5.84. The Hall–Kier alpha value is -3.28. The number of rotatable bonds is 1. The van der Waals surface area contributed by atoms with E-state index in [1.807, 2.05) is 45.0 Å². The van der Waals surface area contributed by atoms with Crippen molar-refractivity contribution < 1.29 is 14.3 Å². The molecule has 3 aliphatic heterocycles. The highest BCUT2D eigenvalue weighted by molar-refractivity contribution is 6.18. The summed E-state index contributed by atoms with van der Waals surface area (Å²) in [5.74, 6) is 0.167. The number of hydrogen-bond donors (Lipinski definition) is 2. The first-order chi connectivity index (χ1) is 13.3. The third-order valence-corrected chi connectivity index (χ3v) is 5.84. The number of amides is 2. The number of hydrogen-bond acceptors (Lipinski definition) is 4. The molecule has 0 bridgehead atoms. The number of allylic oxidation sites excluding steroid dienone is 1. The standard InChI is InChI=1S/C22H21N3O3/c1-12-11-21(2,3)25-18-15(12)9-13(28-4)10-16(18)22(20(25)27)23-17-8-6-5-7-14(17)19(26)24-22/h5-11,23H,1-4H3,(H,24,26)/t22-/m1/s1. The van der Waals surface area contributed by atoms with E-state index in [4.69, 9.17) is 4.74 Å². The molecule has 0 unspecified atom stereocenters. The van der Waals surface area contributed by atoms with Gasteiger partial charge in [0.05, 0.1) is 23.9 Å². The minimum Gasteiger partial charge on any atom is -0.497 e. The number of fused-ring (bicyclic) bond motifs is 2. The number of nitrogens with one attached hydrogen (secondary N) is 2. The Morgan fingerprint density at radius 3 is 2.54 bits per heavy atom. The van der Waals surface area contributed by atoms with Crippen LogP contribution in [0.25, 0.3) is 5.57 Å². The monoisotopic (exact) mass is 375 g/mol. The van der Waals surface area contributed by atoms with Crippen LogP contribution in [0.3, 0.4) is 0 Å². The van der Waals surface area contributed by atoms with Gasteiger partial charge >= 0.3 is 0 Å². The van der Waals surface area contributed by atoms with E-state index in [1.54, 1.807) is 24.1 Å². The van der Waals surface area contributed by atoms with Crippen molar-refractivity contribution in [3.8, 4) is 5.75 Å². The summed E-state index contributed by atoms with van der Waals surface area (Å²) in [6.45, 7) is 6.04. The van der Waals surface area contributed by atoms with Gasteiger partial charge in [-0.2, -0.15) is 0 Å². The molecule has 2 N–H and O–H groups in total. The van der Waals surface area contributed by atoms with Gasteiger partial charge in [-0.05, 0) is 50.6 Å². The lowest BCUT2D eigenvalue weighted by Gasteiger charge is -2.40. The Balaban J connectivity index is 1.82. The number of benzene rings is 2. The van der Waals surface area contributed by atoms with Crippen LogP contribution in [0.15, 0.2) is 42.5 Å². The summed E-state index contributed by atoms with van der Waals surface area (Å²) in [7, 11) is 1.60. The lowest BCUT2D eigenvalue weighted by Crippen LogP contribution is -2.62. The first kappa shape index (κ1) is 16.9. The van der Waals surface area contributed by atoms with Gasteiger partial charge in [0.2, 0.25) is 5.66 Å². The van der Waals surface area contributed by atoms with Crippen LogP contribution in [-0.2, 0) is 10.5 Å². The van der Waals surface area contributed by atoms with Gasteiger partial charge in [-0.3, -0.25) is 14.5 Å². The Morgan fingerprint density at radius 1 is 1.04 bits per heavy atom. The van der Waals surface area contributed by atoms with E-state index in [0.29, 0.717) is 22.6 Å². The summed E-state index contributed by atoms with van der Waals surface area (Å²) >= 11 is 0. The fourth-order valence-electron chi connectivity index (χ4n) is 4.66. The van der Waals surface area contributed by atoms with Crippen molar-refractivity contribution in [1.29, 1.82) is 0 Å². The van der Waals surface area contributed by atoms with E-state index in [-0.39, 0.29) is 11.8 Å². The molecular formula is C22H21N3O3. The predicted molar refractivity (Wildman–Crippen MR) is 107 cm³/mol. The van der Waals surface area contributed by atoms with Gasteiger partial charge < -0.3 is 15.4 Å². The normalized spacial score (nSPS) is 23.6. The summed E-state index contributed by atoms with van der Waals surface area (Å²) in [5.41, 5.74) is 2.81. The van der Waals surface area contributed by atoms with Crippen LogP contribution in [-0.4, -0.2) is 24.5 Å². The van der Waals surface area contributed by atoms with Crippen LogP contribution in [0.2, 0.25) is 0 Å². The molecule has 2 aromatic rings. The van der Waals surface area contributed by atoms with Gasteiger partial charge in [-0.15, -0.1) is 0 Å². The molecule has 5 rings (SSSR count). The molecule has 2 amide bonds. The van der Waals surface area contributed by atoms with Crippen LogP contribution >= 0.6 is 0 Å². The zero-order valence-corrected chi connectivity index (χ0v) is 16.2. The Labute approximate surface area is 163 Å². The molecule has 142 valence electrons. The summed E-state index contributed by atoms with van der Waals surface area (Å²) in [6.07, 6.45) is 2.08. The van der Waals surface area contributed by atoms with Gasteiger partial charge in [0, 0.05) is 16.8 Å². The molecule has 3 heterocycles. The maximum atomic E-state index is 13.8. The van der Waals surface area contributed by atoms with Gasteiger partial charge in [0.1, 0.15) is 5.75 Å². The van der Waals surface area contributed by atoms with E-state index in [0.717, 1.165) is 16.8 Å². The first-order valence-corrected chi connectivity index (χ1v) is 9.25. The zero-order chi connectivity index (χ0) is 19.8. The van der Waals surface area contributed by atoms with Crippen LogP contribution in [0, 0.1) is 0 Å². The topological polar surface area (TPSA) is 70.7 Å². The minimum absolute atomic E-state index is 0.200. The average Bonchev–Trinajstić information content (AvgIpc) is 2.89. The van der Waals surface area contributed by atoms with E-state index in [9.17, 15) is 9.59 Å². The van der Waals surface area contributed by atoms with Crippen molar-refractivity contribution in [2.24, 2.45) is 0 Å². The summed E-state index contributed by atoms with van der Waals surface area (Å²) in [5, 5.41) is 6.29.